The Morgan fingerprint density at radius 2 is 1.22 bits per heavy atom. The molecule has 3 N–H and O–H groups in total. The number of methoxy groups -OCH3 is 2. The number of H-pyrrole nitrogens is 1. The number of hydrogen-bond acceptors (Lipinski definition) is 8. The molecule has 2 saturated heterocycles. The van der Waals surface area contributed by atoms with Crippen molar-refractivity contribution in [3.63, 3.8) is 0 Å². The zero-order valence-corrected chi connectivity index (χ0v) is 33.8. The molecule has 8 atom stereocenters. The van der Waals surface area contributed by atoms with Crippen molar-refractivity contribution >= 4 is 35.3 Å². The lowest BCUT2D eigenvalue weighted by Gasteiger charge is -2.33. The number of aromatic amines is 1. The number of allylic oxidation sites excluding steroid dienone is 1. The smallest absolute Gasteiger partial charge is 0.407 e. The molecule has 5 aliphatic rings. The number of ether oxygens (including phenoxy) is 2. The minimum absolute atomic E-state index is 0.0653. The predicted octanol–water partition coefficient (Wildman–Crippen LogP) is 6.07. The second-order valence-corrected chi connectivity index (χ2v) is 16.9. The second-order valence-electron chi connectivity index (χ2n) is 16.9. The lowest BCUT2D eigenvalue weighted by molar-refractivity contribution is -0.137. The van der Waals surface area contributed by atoms with E-state index < -0.39 is 24.3 Å². The first-order chi connectivity index (χ1) is 27.9. The molecule has 2 aromatic carbocycles. The highest BCUT2D eigenvalue weighted by Crippen LogP contribution is 2.53. The van der Waals surface area contributed by atoms with Crippen molar-refractivity contribution in [3.05, 3.63) is 83.4 Å². The van der Waals surface area contributed by atoms with Gasteiger partial charge in [-0.05, 0) is 90.3 Å². The third-order valence-corrected chi connectivity index (χ3v) is 12.4. The third-order valence-electron chi connectivity index (χ3n) is 12.4. The number of amides is 4. The molecule has 58 heavy (non-hydrogen) atoms. The lowest BCUT2D eigenvalue weighted by atomic mass is 9.96. The standard InChI is InChI=1S/C45H51N7O6/c1-24(2)39(49-44(55)57-5)42(53)51-35-18-30(35)20-37(51)33-17-32(22-46-33)28-13-9-26(10-14-28)7-8-27-11-15-29(16-12-27)34-23-47-41(48-34)38-21-31-19-36(31)52(38)43(54)40(25(3)4)50-45(56)58-6/h9-16,22-25,30-31,35-40H,17-21H2,1-6H3,(H,47,48)(H,49,55)(H,50,56)/t30-,31-,35?,36-,37+,38+,39+,40+/m1/s1. The summed E-state index contributed by atoms with van der Waals surface area (Å²) in [6, 6.07) is 15.0. The van der Waals surface area contributed by atoms with Gasteiger partial charge in [0.25, 0.3) is 0 Å². The number of nitrogens with zero attached hydrogens (tertiary/aromatic N) is 4. The molecular weight excluding hydrogens is 735 g/mol. The van der Waals surface area contributed by atoms with Gasteiger partial charge in [-0.15, -0.1) is 0 Å². The lowest BCUT2D eigenvalue weighted by Crippen LogP contribution is -2.54. The summed E-state index contributed by atoms with van der Waals surface area (Å²) < 4.78 is 9.58. The molecule has 8 rings (SSSR count). The van der Waals surface area contributed by atoms with Crippen molar-refractivity contribution in [2.75, 3.05) is 14.2 Å². The number of fused-ring (bicyclic) bond motifs is 2. The highest BCUT2D eigenvalue weighted by atomic mass is 16.5. The van der Waals surface area contributed by atoms with Crippen molar-refractivity contribution in [1.29, 1.82) is 0 Å². The summed E-state index contributed by atoms with van der Waals surface area (Å²) in [4.78, 5) is 68.4. The number of rotatable bonds is 10. The molecule has 0 radical (unpaired) electrons. The van der Waals surface area contributed by atoms with Crippen LogP contribution in [0.25, 0.3) is 16.8 Å². The maximum Gasteiger partial charge on any atom is 0.407 e. The molecule has 2 aliphatic carbocycles. The van der Waals surface area contributed by atoms with E-state index in [0.717, 1.165) is 70.7 Å². The van der Waals surface area contributed by atoms with Gasteiger partial charge in [0.2, 0.25) is 11.8 Å². The molecule has 4 amide bonds. The van der Waals surface area contributed by atoms with Crippen LogP contribution >= 0.6 is 0 Å². The summed E-state index contributed by atoms with van der Waals surface area (Å²) in [6.07, 6.45) is 6.90. The van der Waals surface area contributed by atoms with Crippen LogP contribution < -0.4 is 10.6 Å². The molecule has 13 nitrogen and oxygen atoms in total. The number of benzene rings is 2. The van der Waals surface area contributed by atoms with Crippen molar-refractivity contribution < 1.29 is 28.7 Å². The molecule has 0 bridgehead atoms. The molecule has 4 heterocycles. The molecule has 13 heteroatoms. The van der Waals surface area contributed by atoms with Gasteiger partial charge < -0.3 is 34.9 Å². The fourth-order valence-electron chi connectivity index (χ4n) is 8.93. The first-order valence-electron chi connectivity index (χ1n) is 20.3. The van der Waals surface area contributed by atoms with E-state index in [9.17, 15) is 19.2 Å². The quantitative estimate of drug-likeness (QED) is 0.211. The number of imidazole rings is 1. The van der Waals surface area contributed by atoms with Gasteiger partial charge in [0.05, 0.1) is 38.2 Å². The van der Waals surface area contributed by atoms with Crippen LogP contribution in [0.5, 0.6) is 0 Å². The summed E-state index contributed by atoms with van der Waals surface area (Å²) in [5, 5.41) is 5.48. The average Bonchev–Trinajstić information content (AvgIpc) is 3.81. The molecule has 0 spiro atoms. The Labute approximate surface area is 339 Å². The molecular formula is C45H51N7O6. The summed E-state index contributed by atoms with van der Waals surface area (Å²) in [7, 11) is 2.61. The number of aromatic nitrogens is 2. The van der Waals surface area contributed by atoms with Crippen molar-refractivity contribution in [1.82, 2.24) is 30.4 Å². The van der Waals surface area contributed by atoms with E-state index in [1.807, 2.05) is 86.3 Å². The monoisotopic (exact) mass is 785 g/mol. The number of piperidine rings is 2. The molecule has 1 aromatic heterocycles. The maximum absolute atomic E-state index is 13.8. The maximum atomic E-state index is 13.8. The van der Waals surface area contributed by atoms with Crippen LogP contribution in [0.1, 0.15) is 88.4 Å². The Morgan fingerprint density at radius 1 is 0.724 bits per heavy atom. The van der Waals surface area contributed by atoms with Crippen LogP contribution in [0.2, 0.25) is 0 Å². The predicted molar refractivity (Wildman–Crippen MR) is 218 cm³/mol. The normalized spacial score (nSPS) is 24.8. The molecule has 2 saturated carbocycles. The molecule has 4 fully saturated rings. The number of hydrogen-bond donors (Lipinski definition) is 3. The summed E-state index contributed by atoms with van der Waals surface area (Å²) in [5.41, 5.74) is 6.77. The third kappa shape index (κ3) is 7.72. The number of nitrogens with one attached hydrogen (secondary N) is 3. The number of aliphatic imine (C=N–C) groups is 1. The van der Waals surface area contributed by atoms with Crippen LogP contribution in [0.3, 0.4) is 0 Å². The van der Waals surface area contributed by atoms with E-state index in [0.29, 0.717) is 18.3 Å². The van der Waals surface area contributed by atoms with E-state index in [4.69, 9.17) is 19.5 Å². The van der Waals surface area contributed by atoms with Crippen LogP contribution in [0.15, 0.2) is 65.9 Å². The zero-order valence-electron chi connectivity index (χ0n) is 33.8. The van der Waals surface area contributed by atoms with Gasteiger partial charge in [0.15, 0.2) is 0 Å². The fraction of sp³-hybridized carbons (Fsp3) is 0.467. The Kier molecular flexibility index (Phi) is 10.6. The Hall–Kier alpha value is -5.90. The van der Waals surface area contributed by atoms with Gasteiger partial charge in [-0.1, -0.05) is 63.8 Å². The zero-order chi connectivity index (χ0) is 40.8. The Morgan fingerprint density at radius 3 is 1.74 bits per heavy atom. The van der Waals surface area contributed by atoms with E-state index in [1.165, 1.54) is 14.2 Å². The van der Waals surface area contributed by atoms with Crippen LogP contribution in [-0.4, -0.2) is 93.9 Å². The fourth-order valence-corrected chi connectivity index (χ4v) is 8.93. The van der Waals surface area contributed by atoms with Gasteiger partial charge in [-0.3, -0.25) is 14.6 Å². The highest BCUT2D eigenvalue weighted by molar-refractivity contribution is 6.04. The number of likely N-dealkylation sites (tertiary alicyclic amines) is 2. The van der Waals surface area contributed by atoms with Gasteiger partial charge in [-0.2, -0.15) is 0 Å². The average molecular weight is 786 g/mol. The minimum atomic E-state index is -0.676. The van der Waals surface area contributed by atoms with Crippen LogP contribution in [-0.2, 0) is 19.1 Å². The second kappa shape index (κ2) is 15.8. The van der Waals surface area contributed by atoms with E-state index in [-0.39, 0.29) is 47.8 Å². The van der Waals surface area contributed by atoms with Gasteiger partial charge in [0, 0.05) is 41.5 Å². The van der Waals surface area contributed by atoms with Gasteiger partial charge in [-0.25, -0.2) is 14.6 Å². The van der Waals surface area contributed by atoms with Crippen LogP contribution in [0.4, 0.5) is 9.59 Å². The van der Waals surface area contributed by atoms with Crippen molar-refractivity contribution in [2.45, 2.75) is 96.1 Å². The largest absolute Gasteiger partial charge is 0.453 e. The Balaban J connectivity index is 0.877. The number of alkyl carbamates (subject to hydrolysis) is 2. The summed E-state index contributed by atoms with van der Waals surface area (Å²) in [6.45, 7) is 7.69. The number of carbonyl (C=O) groups excluding carboxylic acids is 4. The van der Waals surface area contributed by atoms with Crippen molar-refractivity contribution in [3.8, 4) is 23.1 Å². The Bertz CT molecular complexity index is 2210. The first-order valence-corrected chi connectivity index (χ1v) is 20.3. The van der Waals surface area contributed by atoms with Crippen molar-refractivity contribution in [2.24, 2.45) is 28.7 Å². The SMILES string of the molecule is COC(=O)N[C@H](C(=O)N1C2C[C@@H]2C[C@H]1C1=NC=C(c2ccc(C#Cc3ccc(-c4cnc([C@@H]5C[C@H]6C[C@H]6N5C(=O)[C@@H](NC(=O)OC)C(C)C)[nH]4)cc3)cc2)C1)C(C)C. The molecule has 302 valence electrons. The van der Waals surface area contributed by atoms with E-state index in [1.54, 1.807) is 0 Å². The van der Waals surface area contributed by atoms with Gasteiger partial charge in [0.1, 0.15) is 17.9 Å². The molecule has 3 aliphatic heterocycles. The molecule has 3 aromatic rings. The molecule has 1 unspecified atom stereocenters. The number of carbonyl (C=O) groups is 4. The minimum Gasteiger partial charge on any atom is -0.453 e. The highest BCUT2D eigenvalue weighted by Gasteiger charge is 2.57. The topological polar surface area (TPSA) is 158 Å². The summed E-state index contributed by atoms with van der Waals surface area (Å²) in [5.74, 6) is 7.89. The first kappa shape index (κ1) is 38.9. The van der Waals surface area contributed by atoms with E-state index in [2.05, 4.69) is 39.6 Å². The van der Waals surface area contributed by atoms with Gasteiger partial charge >= 0.3 is 12.2 Å². The summed E-state index contributed by atoms with van der Waals surface area (Å²) >= 11 is 0. The van der Waals surface area contributed by atoms with Crippen LogP contribution in [0, 0.1) is 35.5 Å². The van der Waals surface area contributed by atoms with E-state index >= 15 is 0 Å².